The highest BCUT2D eigenvalue weighted by Crippen LogP contribution is 2.23. The van der Waals surface area contributed by atoms with E-state index in [0.717, 1.165) is 28.5 Å². The fourth-order valence-electron chi connectivity index (χ4n) is 1.84. The summed E-state index contributed by atoms with van der Waals surface area (Å²) in [6.45, 7) is 6.11. The van der Waals surface area contributed by atoms with Crippen LogP contribution in [0, 0.1) is 0 Å². The number of hydrogen-bond acceptors (Lipinski definition) is 5. The van der Waals surface area contributed by atoms with E-state index in [-0.39, 0.29) is 6.10 Å². The number of aliphatic hydroxyl groups is 1. The molecule has 20 heavy (non-hydrogen) atoms. The van der Waals surface area contributed by atoms with Gasteiger partial charge in [-0.1, -0.05) is 18.7 Å². The molecule has 2 aromatic rings. The molecule has 2 rings (SSSR count). The number of imidazole rings is 1. The number of nitrogens with one attached hydrogen (secondary N) is 2. The Morgan fingerprint density at radius 3 is 3.05 bits per heavy atom. The number of thioether (sulfide) groups is 1. The summed E-state index contributed by atoms with van der Waals surface area (Å²) < 4.78 is 5.46. The van der Waals surface area contributed by atoms with E-state index < -0.39 is 0 Å². The zero-order valence-corrected chi connectivity index (χ0v) is 12.7. The van der Waals surface area contributed by atoms with Gasteiger partial charge in [-0.2, -0.15) is 0 Å². The van der Waals surface area contributed by atoms with Crippen LogP contribution < -0.4 is 10.1 Å². The van der Waals surface area contributed by atoms with Gasteiger partial charge in [0.2, 0.25) is 0 Å². The third-order valence-electron chi connectivity index (χ3n) is 2.79. The van der Waals surface area contributed by atoms with Crippen molar-refractivity contribution in [3.05, 3.63) is 18.2 Å². The second kappa shape index (κ2) is 7.52. The number of aromatic amines is 1. The number of aliphatic hydroxyl groups excluding tert-OH is 1. The minimum atomic E-state index is -0.368. The van der Waals surface area contributed by atoms with Crippen molar-refractivity contribution < 1.29 is 9.84 Å². The molecule has 0 saturated heterocycles. The number of hydrogen-bond donors (Lipinski definition) is 3. The Bertz CT molecular complexity index is 544. The molecular weight excluding hydrogens is 274 g/mol. The van der Waals surface area contributed by atoms with Crippen LogP contribution in [0.1, 0.15) is 13.8 Å². The van der Waals surface area contributed by atoms with E-state index in [9.17, 15) is 5.11 Å². The van der Waals surface area contributed by atoms with Crippen molar-refractivity contribution in [1.82, 2.24) is 15.3 Å². The summed E-state index contributed by atoms with van der Waals surface area (Å²) in [5.41, 5.74) is 1.87. The first kappa shape index (κ1) is 15.2. The van der Waals surface area contributed by atoms with Crippen LogP contribution >= 0.6 is 11.8 Å². The van der Waals surface area contributed by atoms with Crippen LogP contribution in [0.3, 0.4) is 0 Å². The monoisotopic (exact) mass is 295 g/mol. The highest BCUT2D eigenvalue weighted by molar-refractivity contribution is 7.99. The van der Waals surface area contributed by atoms with Crippen molar-refractivity contribution >= 4 is 22.8 Å². The molecule has 0 amide bonds. The first-order valence-electron chi connectivity index (χ1n) is 6.87. The molecule has 5 nitrogen and oxygen atoms in total. The lowest BCUT2D eigenvalue weighted by Gasteiger charge is -2.08. The quantitative estimate of drug-likeness (QED) is 0.650. The van der Waals surface area contributed by atoms with E-state index in [1.165, 1.54) is 11.8 Å². The topological polar surface area (TPSA) is 70.2 Å². The van der Waals surface area contributed by atoms with Gasteiger partial charge in [-0.05, 0) is 25.6 Å². The normalized spacial score (nSPS) is 12.8. The Labute approximate surface area is 123 Å². The number of ether oxygens (including phenoxy) is 1. The molecule has 0 aliphatic rings. The van der Waals surface area contributed by atoms with E-state index in [0.29, 0.717) is 18.9 Å². The summed E-state index contributed by atoms with van der Waals surface area (Å²) >= 11 is 1.53. The van der Waals surface area contributed by atoms with Gasteiger partial charge in [-0.25, -0.2) is 4.98 Å². The van der Waals surface area contributed by atoms with E-state index in [2.05, 4.69) is 15.3 Å². The van der Waals surface area contributed by atoms with Crippen LogP contribution in [0.4, 0.5) is 0 Å². The van der Waals surface area contributed by atoms with Crippen molar-refractivity contribution in [2.24, 2.45) is 0 Å². The van der Waals surface area contributed by atoms with Crippen LogP contribution in [0.25, 0.3) is 11.0 Å². The Morgan fingerprint density at radius 1 is 1.45 bits per heavy atom. The number of aromatic nitrogens is 2. The first-order chi connectivity index (χ1) is 9.72. The molecule has 0 aliphatic heterocycles. The Balaban J connectivity index is 1.97. The predicted octanol–water partition coefficient (Wildman–Crippen LogP) is 2.02. The number of nitrogens with zero attached hydrogens (tertiary/aromatic N) is 1. The molecule has 1 heterocycles. The van der Waals surface area contributed by atoms with Crippen molar-refractivity contribution in [2.45, 2.75) is 25.1 Å². The lowest BCUT2D eigenvalue weighted by atomic mass is 10.3. The smallest absolute Gasteiger partial charge is 0.166 e. The van der Waals surface area contributed by atoms with Gasteiger partial charge in [0.1, 0.15) is 5.75 Å². The fraction of sp³-hybridized carbons (Fsp3) is 0.500. The molecule has 0 spiro atoms. The lowest BCUT2D eigenvalue weighted by molar-refractivity contribution is 0.196. The van der Waals surface area contributed by atoms with Gasteiger partial charge in [0.05, 0.1) is 23.7 Å². The summed E-state index contributed by atoms with van der Waals surface area (Å²) in [5, 5.41) is 13.7. The third-order valence-corrected chi connectivity index (χ3v) is 3.80. The van der Waals surface area contributed by atoms with E-state index >= 15 is 0 Å². The SMILES string of the molecule is CCNCC(O)CSc1nc2ccc(OCC)cc2[nH]1. The molecule has 1 aromatic carbocycles. The van der Waals surface area contributed by atoms with Gasteiger partial charge in [0.15, 0.2) is 5.16 Å². The van der Waals surface area contributed by atoms with Crippen LogP contribution in [0.2, 0.25) is 0 Å². The largest absolute Gasteiger partial charge is 0.494 e. The average Bonchev–Trinajstić information content (AvgIpc) is 2.85. The Kier molecular flexibility index (Phi) is 5.70. The second-order valence-corrected chi connectivity index (χ2v) is 5.44. The zero-order valence-electron chi connectivity index (χ0n) is 11.8. The molecule has 6 heteroatoms. The molecule has 1 unspecified atom stereocenters. The van der Waals surface area contributed by atoms with E-state index in [4.69, 9.17) is 4.74 Å². The van der Waals surface area contributed by atoms with Gasteiger partial charge in [-0.15, -0.1) is 0 Å². The second-order valence-electron chi connectivity index (χ2n) is 4.43. The van der Waals surface area contributed by atoms with Gasteiger partial charge in [0.25, 0.3) is 0 Å². The molecular formula is C14H21N3O2S. The summed E-state index contributed by atoms with van der Waals surface area (Å²) in [5.74, 6) is 1.46. The summed E-state index contributed by atoms with van der Waals surface area (Å²) in [7, 11) is 0. The standard InChI is InChI=1S/C14H21N3O2S/c1-3-15-8-10(18)9-20-14-16-12-6-5-11(19-4-2)7-13(12)17-14/h5-7,10,15,18H,3-4,8-9H2,1-2H3,(H,16,17). The number of likely N-dealkylation sites (N-methyl/N-ethyl adjacent to an activating group) is 1. The number of rotatable bonds is 8. The van der Waals surface area contributed by atoms with Crippen LogP contribution in [-0.4, -0.2) is 46.6 Å². The van der Waals surface area contributed by atoms with Crippen molar-refractivity contribution in [2.75, 3.05) is 25.4 Å². The first-order valence-corrected chi connectivity index (χ1v) is 7.85. The van der Waals surface area contributed by atoms with Crippen LogP contribution in [-0.2, 0) is 0 Å². The predicted molar refractivity (Wildman–Crippen MR) is 82.5 cm³/mol. The zero-order chi connectivity index (χ0) is 14.4. The molecule has 0 radical (unpaired) electrons. The van der Waals surface area contributed by atoms with Gasteiger partial charge >= 0.3 is 0 Å². The van der Waals surface area contributed by atoms with Gasteiger partial charge in [-0.3, -0.25) is 0 Å². The molecule has 3 N–H and O–H groups in total. The molecule has 0 fully saturated rings. The molecule has 1 atom stereocenters. The molecule has 0 saturated carbocycles. The molecule has 1 aromatic heterocycles. The van der Waals surface area contributed by atoms with Crippen LogP contribution in [0.15, 0.2) is 23.4 Å². The highest BCUT2D eigenvalue weighted by Gasteiger charge is 2.08. The minimum Gasteiger partial charge on any atom is -0.494 e. The summed E-state index contributed by atoms with van der Waals surface area (Å²) in [4.78, 5) is 7.73. The lowest BCUT2D eigenvalue weighted by Crippen LogP contribution is -2.28. The minimum absolute atomic E-state index is 0.368. The van der Waals surface area contributed by atoms with Gasteiger partial charge < -0.3 is 20.1 Å². The number of fused-ring (bicyclic) bond motifs is 1. The molecule has 110 valence electrons. The van der Waals surface area contributed by atoms with Crippen molar-refractivity contribution in [3.63, 3.8) is 0 Å². The van der Waals surface area contributed by atoms with Gasteiger partial charge in [0, 0.05) is 18.4 Å². The maximum atomic E-state index is 9.79. The molecule has 0 aliphatic carbocycles. The fourth-order valence-corrected chi connectivity index (χ4v) is 2.65. The van der Waals surface area contributed by atoms with E-state index in [1.54, 1.807) is 0 Å². The Hall–Kier alpha value is -1.24. The average molecular weight is 295 g/mol. The summed E-state index contributed by atoms with van der Waals surface area (Å²) in [6.07, 6.45) is -0.368. The number of H-pyrrole nitrogens is 1. The highest BCUT2D eigenvalue weighted by atomic mass is 32.2. The van der Waals surface area contributed by atoms with Crippen molar-refractivity contribution in [1.29, 1.82) is 0 Å². The maximum Gasteiger partial charge on any atom is 0.166 e. The summed E-state index contributed by atoms with van der Waals surface area (Å²) in [6, 6.07) is 5.81. The maximum absolute atomic E-state index is 9.79. The third kappa shape index (κ3) is 4.13. The van der Waals surface area contributed by atoms with E-state index in [1.807, 2.05) is 32.0 Å². The molecule has 0 bridgehead atoms. The number of benzene rings is 1. The van der Waals surface area contributed by atoms with Crippen LogP contribution in [0.5, 0.6) is 5.75 Å². The van der Waals surface area contributed by atoms with Crippen molar-refractivity contribution in [3.8, 4) is 5.75 Å². The Morgan fingerprint density at radius 2 is 2.30 bits per heavy atom.